The Hall–Kier alpha value is -2.07. The van der Waals surface area contributed by atoms with Crippen molar-refractivity contribution in [3.63, 3.8) is 0 Å². The van der Waals surface area contributed by atoms with Gasteiger partial charge in [-0.2, -0.15) is 0 Å². The molecule has 1 aromatic heterocycles. The Morgan fingerprint density at radius 2 is 2.04 bits per heavy atom. The Labute approximate surface area is 141 Å². The Bertz CT molecular complexity index is 790. The number of benzene rings is 1. The summed E-state index contributed by atoms with van der Waals surface area (Å²) in [6.45, 7) is 1.92. The summed E-state index contributed by atoms with van der Waals surface area (Å²) in [5.74, 6) is -1.21. The van der Waals surface area contributed by atoms with Crippen molar-refractivity contribution in [3.05, 3.63) is 47.2 Å². The van der Waals surface area contributed by atoms with Crippen LogP contribution in [0.25, 0.3) is 0 Å². The molecule has 7 heteroatoms. The average molecular weight is 350 g/mol. The summed E-state index contributed by atoms with van der Waals surface area (Å²) in [7, 11) is 3.93. The van der Waals surface area contributed by atoms with Crippen LogP contribution in [0.2, 0.25) is 0 Å². The first kappa shape index (κ1) is 16.8. The Balaban J connectivity index is 1.94. The zero-order valence-electron chi connectivity index (χ0n) is 13.3. The number of rotatable bonds is 3. The highest BCUT2D eigenvalue weighted by Gasteiger charge is 2.36. The molecule has 2 heterocycles. The van der Waals surface area contributed by atoms with E-state index in [-0.39, 0.29) is 30.6 Å². The van der Waals surface area contributed by atoms with Gasteiger partial charge in [-0.15, -0.1) is 9.24 Å². The van der Waals surface area contributed by atoms with Crippen LogP contribution in [0.3, 0.4) is 0 Å². The number of halogens is 2. The average Bonchev–Trinajstić information content (AvgIpc) is 2.90. The van der Waals surface area contributed by atoms with Gasteiger partial charge in [-0.1, -0.05) is 0 Å². The number of hydrogen-bond donors (Lipinski definition) is 0. The molecule has 0 aliphatic carbocycles. The number of pyridine rings is 1. The van der Waals surface area contributed by atoms with Gasteiger partial charge in [0.2, 0.25) is 5.91 Å². The van der Waals surface area contributed by atoms with Gasteiger partial charge in [-0.25, -0.2) is 13.8 Å². The third-order valence-electron chi connectivity index (χ3n) is 4.13. The minimum atomic E-state index is -0.559. The van der Waals surface area contributed by atoms with Crippen LogP contribution in [0.1, 0.15) is 23.6 Å². The van der Waals surface area contributed by atoms with E-state index >= 15 is 0 Å². The molecule has 24 heavy (non-hydrogen) atoms. The molecule has 1 aromatic carbocycles. The molecule has 3 rings (SSSR count). The van der Waals surface area contributed by atoms with Crippen molar-refractivity contribution in [2.45, 2.75) is 19.3 Å². The normalized spacial score (nSPS) is 17.5. The summed E-state index contributed by atoms with van der Waals surface area (Å²) in [6, 6.07) is 5.82. The van der Waals surface area contributed by atoms with Crippen LogP contribution < -0.4 is 14.9 Å². The standard InChI is InChI=1S/C17H17F2N2O2P/c1-9-3-4-12(18)17(20-9)21-8-10(5-15(21)22)16-13(19)6-11(23-2)7-14(16)24/h3-4,6-7,10H,5,8,24H2,1-2H3/t10-/m0/s1. The molecule has 1 unspecified atom stereocenters. The van der Waals surface area contributed by atoms with Crippen molar-refractivity contribution in [3.8, 4) is 5.75 Å². The Kier molecular flexibility index (Phi) is 4.50. The monoisotopic (exact) mass is 350 g/mol. The summed E-state index contributed by atoms with van der Waals surface area (Å²) >= 11 is 0. The number of carbonyl (C=O) groups excluding carboxylic acids is 1. The van der Waals surface area contributed by atoms with Gasteiger partial charge in [-0.05, 0) is 30.4 Å². The fourth-order valence-electron chi connectivity index (χ4n) is 2.98. The van der Waals surface area contributed by atoms with Crippen molar-refractivity contribution >= 4 is 26.3 Å². The maximum absolute atomic E-state index is 14.4. The highest BCUT2D eigenvalue weighted by Crippen LogP contribution is 2.34. The van der Waals surface area contributed by atoms with Crippen LogP contribution in [-0.4, -0.2) is 24.5 Å². The molecule has 1 amide bonds. The number of nitrogens with zero attached hydrogens (tertiary/aromatic N) is 2. The molecule has 2 atom stereocenters. The van der Waals surface area contributed by atoms with Crippen molar-refractivity contribution in [2.75, 3.05) is 18.6 Å². The number of aryl methyl sites for hydroxylation is 1. The Morgan fingerprint density at radius 3 is 2.71 bits per heavy atom. The van der Waals surface area contributed by atoms with Gasteiger partial charge in [0.15, 0.2) is 11.6 Å². The molecule has 1 fully saturated rings. The number of anilines is 1. The topological polar surface area (TPSA) is 42.4 Å². The van der Waals surface area contributed by atoms with Gasteiger partial charge in [0.1, 0.15) is 11.6 Å². The zero-order valence-corrected chi connectivity index (χ0v) is 14.5. The first-order valence-corrected chi connectivity index (χ1v) is 8.05. The van der Waals surface area contributed by atoms with E-state index in [0.717, 1.165) is 0 Å². The second-order valence-electron chi connectivity index (χ2n) is 5.78. The van der Waals surface area contributed by atoms with E-state index in [1.807, 2.05) is 0 Å². The molecule has 1 aliphatic heterocycles. The van der Waals surface area contributed by atoms with Crippen LogP contribution in [0.4, 0.5) is 14.6 Å². The SMILES string of the molecule is COc1cc(F)c([C@H]2CC(=O)N(c3nc(C)ccc3F)C2)c(P)c1. The summed E-state index contributed by atoms with van der Waals surface area (Å²) in [5.41, 5.74) is 1.05. The van der Waals surface area contributed by atoms with Crippen LogP contribution >= 0.6 is 9.24 Å². The van der Waals surface area contributed by atoms with Crippen LogP contribution in [0, 0.1) is 18.6 Å². The number of methoxy groups -OCH3 is 1. The van der Waals surface area contributed by atoms with Gasteiger partial charge >= 0.3 is 0 Å². The maximum atomic E-state index is 14.4. The minimum absolute atomic E-state index is 0.00160. The highest BCUT2D eigenvalue weighted by molar-refractivity contribution is 7.27. The van der Waals surface area contributed by atoms with Crippen LogP contribution in [-0.2, 0) is 4.79 Å². The van der Waals surface area contributed by atoms with E-state index in [1.54, 1.807) is 19.1 Å². The summed E-state index contributed by atoms with van der Waals surface area (Å²) in [4.78, 5) is 17.7. The smallest absolute Gasteiger partial charge is 0.228 e. The maximum Gasteiger partial charge on any atom is 0.228 e. The number of hydrogen-bond acceptors (Lipinski definition) is 3. The van der Waals surface area contributed by atoms with Gasteiger partial charge in [0, 0.05) is 36.2 Å². The van der Waals surface area contributed by atoms with Crippen LogP contribution in [0.5, 0.6) is 5.75 Å². The molecule has 126 valence electrons. The van der Waals surface area contributed by atoms with Gasteiger partial charge < -0.3 is 4.74 Å². The molecule has 0 bridgehead atoms. The van der Waals surface area contributed by atoms with Crippen molar-refractivity contribution in [1.29, 1.82) is 0 Å². The minimum Gasteiger partial charge on any atom is -0.497 e. The lowest BCUT2D eigenvalue weighted by Gasteiger charge is -2.18. The molecule has 0 saturated carbocycles. The number of ether oxygens (including phenoxy) is 1. The lowest BCUT2D eigenvalue weighted by Crippen LogP contribution is -2.27. The zero-order chi connectivity index (χ0) is 17.4. The number of aromatic nitrogens is 1. The van der Waals surface area contributed by atoms with Gasteiger partial charge in [-0.3, -0.25) is 9.69 Å². The molecule has 0 radical (unpaired) electrons. The second-order valence-corrected chi connectivity index (χ2v) is 6.40. The first-order valence-electron chi connectivity index (χ1n) is 7.47. The molecular weight excluding hydrogens is 333 g/mol. The number of carbonyl (C=O) groups is 1. The van der Waals surface area contributed by atoms with E-state index < -0.39 is 11.6 Å². The molecule has 0 spiro atoms. The molecular formula is C17H17F2N2O2P. The number of amides is 1. The predicted molar refractivity (Wildman–Crippen MR) is 90.9 cm³/mol. The van der Waals surface area contributed by atoms with Crippen LogP contribution in [0.15, 0.2) is 24.3 Å². The second kappa shape index (κ2) is 6.44. The summed E-state index contributed by atoms with van der Waals surface area (Å²) < 4.78 is 33.5. The molecule has 2 aromatic rings. The molecule has 0 N–H and O–H groups in total. The van der Waals surface area contributed by atoms with Gasteiger partial charge in [0.25, 0.3) is 0 Å². The third-order valence-corrected chi connectivity index (χ3v) is 4.60. The predicted octanol–water partition coefficient (Wildman–Crippen LogP) is 2.70. The summed E-state index contributed by atoms with van der Waals surface area (Å²) in [6.07, 6.45) is 0.111. The quantitative estimate of drug-likeness (QED) is 0.800. The lowest BCUT2D eigenvalue weighted by molar-refractivity contribution is -0.117. The van der Waals surface area contributed by atoms with Crippen molar-refractivity contribution in [1.82, 2.24) is 4.98 Å². The van der Waals surface area contributed by atoms with Crippen molar-refractivity contribution in [2.24, 2.45) is 0 Å². The van der Waals surface area contributed by atoms with E-state index in [1.165, 1.54) is 24.1 Å². The lowest BCUT2D eigenvalue weighted by atomic mass is 9.97. The van der Waals surface area contributed by atoms with E-state index in [4.69, 9.17) is 4.74 Å². The summed E-state index contributed by atoms with van der Waals surface area (Å²) in [5, 5.41) is 0.629. The molecule has 1 aliphatic rings. The molecule has 4 nitrogen and oxygen atoms in total. The fraction of sp³-hybridized carbons (Fsp3) is 0.294. The first-order chi connectivity index (χ1) is 11.4. The highest BCUT2D eigenvalue weighted by atomic mass is 31.0. The van der Waals surface area contributed by atoms with E-state index in [2.05, 4.69) is 14.2 Å². The van der Waals surface area contributed by atoms with Gasteiger partial charge in [0.05, 0.1) is 7.11 Å². The van der Waals surface area contributed by atoms with E-state index in [0.29, 0.717) is 22.3 Å². The third kappa shape index (κ3) is 2.98. The fourth-order valence-corrected chi connectivity index (χ4v) is 3.52. The largest absolute Gasteiger partial charge is 0.497 e. The van der Waals surface area contributed by atoms with E-state index in [9.17, 15) is 13.6 Å². The Morgan fingerprint density at radius 1 is 1.29 bits per heavy atom. The van der Waals surface area contributed by atoms with Crippen molar-refractivity contribution < 1.29 is 18.3 Å². The molecule has 1 saturated heterocycles.